The Hall–Kier alpha value is -1.81. The van der Waals surface area contributed by atoms with Crippen LogP contribution in [0.3, 0.4) is 0 Å². The summed E-state index contributed by atoms with van der Waals surface area (Å²) in [5, 5.41) is 4.62. The molecule has 0 aliphatic carbocycles. The van der Waals surface area contributed by atoms with Crippen molar-refractivity contribution < 1.29 is 9.53 Å². The lowest BCUT2D eigenvalue weighted by Crippen LogP contribution is -2.32. The van der Waals surface area contributed by atoms with Gasteiger partial charge in [-0.3, -0.25) is 0 Å². The number of hydrogen-bond donors (Lipinski definition) is 1. The van der Waals surface area contributed by atoms with E-state index in [1.165, 1.54) is 6.42 Å². The summed E-state index contributed by atoms with van der Waals surface area (Å²) in [7, 11) is 0. The zero-order valence-corrected chi connectivity index (χ0v) is 12.6. The van der Waals surface area contributed by atoms with Crippen LogP contribution in [0.1, 0.15) is 43.2 Å². The monoisotopic (exact) mass is 286 g/mol. The second-order valence-electron chi connectivity index (χ2n) is 5.62. The van der Waals surface area contributed by atoms with Crippen LogP contribution >= 0.6 is 0 Å². The van der Waals surface area contributed by atoms with Gasteiger partial charge in [0.15, 0.2) is 0 Å². The predicted octanol–water partition coefficient (Wildman–Crippen LogP) is 3.13. The molecule has 3 rings (SSSR count). The fraction of sp³-hybridized carbons (Fsp3) is 0.471. The zero-order valence-electron chi connectivity index (χ0n) is 12.6. The zero-order chi connectivity index (χ0) is 14.8. The Morgan fingerprint density at radius 3 is 3.00 bits per heavy atom. The first-order chi connectivity index (χ1) is 10.2. The number of hydrogen-bond acceptors (Lipinski definition) is 3. The van der Waals surface area contributed by atoms with E-state index < -0.39 is 0 Å². The van der Waals surface area contributed by atoms with Crippen LogP contribution in [0.2, 0.25) is 0 Å². The minimum absolute atomic E-state index is 0.229. The lowest BCUT2D eigenvalue weighted by atomic mass is 10.1. The van der Waals surface area contributed by atoms with Crippen molar-refractivity contribution in [3.63, 3.8) is 0 Å². The Bertz CT molecular complexity index is 641. The minimum atomic E-state index is -0.237. The van der Waals surface area contributed by atoms with E-state index in [2.05, 4.69) is 22.9 Å². The lowest BCUT2D eigenvalue weighted by molar-refractivity contribution is 0.0511. The summed E-state index contributed by atoms with van der Waals surface area (Å²) >= 11 is 0. The van der Waals surface area contributed by atoms with Crippen molar-refractivity contribution in [2.45, 2.75) is 38.8 Å². The number of para-hydroxylation sites is 1. The molecule has 1 aromatic heterocycles. The largest absolute Gasteiger partial charge is 0.461 e. The standard InChI is InChI=1S/C17H22N2O2/c1-3-21-17(20)16-11-13-7-4-5-9-15(13)19(16)12(2)14-8-6-10-18-14/h4-5,7,9,11-12,14,18H,3,6,8,10H2,1-2H3. The number of carbonyl (C=O) groups excluding carboxylic acids is 1. The van der Waals surface area contributed by atoms with Gasteiger partial charge < -0.3 is 14.6 Å². The summed E-state index contributed by atoms with van der Waals surface area (Å²) in [5.74, 6) is -0.237. The summed E-state index contributed by atoms with van der Waals surface area (Å²) in [6.07, 6.45) is 2.35. The van der Waals surface area contributed by atoms with Gasteiger partial charge in [-0.1, -0.05) is 18.2 Å². The molecule has 1 N–H and O–H groups in total. The van der Waals surface area contributed by atoms with Gasteiger partial charge >= 0.3 is 5.97 Å². The fourth-order valence-electron chi connectivity index (χ4n) is 3.28. The number of carbonyl (C=O) groups is 1. The topological polar surface area (TPSA) is 43.3 Å². The molecule has 2 atom stereocenters. The number of esters is 1. The average Bonchev–Trinajstić information content (AvgIpc) is 3.14. The number of nitrogens with one attached hydrogen (secondary N) is 1. The lowest BCUT2D eigenvalue weighted by Gasteiger charge is -2.24. The number of benzene rings is 1. The van der Waals surface area contributed by atoms with E-state index in [0.29, 0.717) is 18.3 Å². The third-order valence-corrected chi connectivity index (χ3v) is 4.32. The summed E-state index contributed by atoms with van der Waals surface area (Å²) in [6.45, 7) is 5.48. The SMILES string of the molecule is CCOC(=O)c1cc2ccccc2n1C(C)C1CCCN1. The highest BCUT2D eigenvalue weighted by molar-refractivity contribution is 5.95. The maximum absolute atomic E-state index is 12.3. The number of aromatic nitrogens is 1. The Labute approximate surface area is 125 Å². The van der Waals surface area contributed by atoms with Crippen LogP contribution in [0.25, 0.3) is 10.9 Å². The Morgan fingerprint density at radius 2 is 2.29 bits per heavy atom. The molecular weight excluding hydrogens is 264 g/mol. The summed E-state index contributed by atoms with van der Waals surface area (Å²) in [6, 6.07) is 10.7. The second kappa shape index (κ2) is 5.90. The third-order valence-electron chi connectivity index (χ3n) is 4.32. The van der Waals surface area contributed by atoms with Gasteiger partial charge in [-0.15, -0.1) is 0 Å². The highest BCUT2D eigenvalue weighted by atomic mass is 16.5. The molecule has 0 spiro atoms. The Balaban J connectivity index is 2.08. The molecule has 4 nitrogen and oxygen atoms in total. The first-order valence-corrected chi connectivity index (χ1v) is 7.73. The Kier molecular flexibility index (Phi) is 3.97. The van der Waals surface area contributed by atoms with Gasteiger partial charge in [0.1, 0.15) is 5.69 Å². The molecule has 112 valence electrons. The quantitative estimate of drug-likeness (QED) is 0.878. The molecule has 0 saturated carbocycles. The maximum Gasteiger partial charge on any atom is 0.354 e. The van der Waals surface area contributed by atoms with E-state index in [1.54, 1.807) is 0 Å². The summed E-state index contributed by atoms with van der Waals surface area (Å²) in [5.41, 5.74) is 1.75. The number of fused-ring (bicyclic) bond motifs is 1. The average molecular weight is 286 g/mol. The minimum Gasteiger partial charge on any atom is -0.461 e. The van der Waals surface area contributed by atoms with Crippen molar-refractivity contribution in [1.29, 1.82) is 0 Å². The molecule has 21 heavy (non-hydrogen) atoms. The van der Waals surface area contributed by atoms with E-state index in [4.69, 9.17) is 4.74 Å². The molecule has 0 bridgehead atoms. The van der Waals surface area contributed by atoms with Crippen LogP contribution in [0.4, 0.5) is 0 Å². The molecule has 1 saturated heterocycles. The fourth-order valence-corrected chi connectivity index (χ4v) is 3.28. The van der Waals surface area contributed by atoms with E-state index in [0.717, 1.165) is 23.9 Å². The van der Waals surface area contributed by atoms with Gasteiger partial charge in [0.2, 0.25) is 0 Å². The van der Waals surface area contributed by atoms with E-state index in [9.17, 15) is 4.79 Å². The van der Waals surface area contributed by atoms with Crippen LogP contribution < -0.4 is 5.32 Å². The van der Waals surface area contributed by atoms with Gasteiger partial charge in [0.25, 0.3) is 0 Å². The Morgan fingerprint density at radius 1 is 1.48 bits per heavy atom. The molecule has 0 radical (unpaired) electrons. The predicted molar refractivity (Wildman–Crippen MR) is 83.6 cm³/mol. The van der Waals surface area contributed by atoms with Gasteiger partial charge in [-0.05, 0) is 45.4 Å². The molecule has 4 heteroatoms. The van der Waals surface area contributed by atoms with Crippen LogP contribution in [0.5, 0.6) is 0 Å². The number of ether oxygens (including phenoxy) is 1. The van der Waals surface area contributed by atoms with Gasteiger partial charge in [-0.25, -0.2) is 4.79 Å². The second-order valence-corrected chi connectivity index (χ2v) is 5.62. The van der Waals surface area contributed by atoms with Crippen molar-refractivity contribution >= 4 is 16.9 Å². The first-order valence-electron chi connectivity index (χ1n) is 7.73. The number of rotatable bonds is 4. The van der Waals surface area contributed by atoms with Crippen molar-refractivity contribution in [3.05, 3.63) is 36.0 Å². The highest BCUT2D eigenvalue weighted by Gasteiger charge is 2.27. The normalized spacial score (nSPS) is 19.8. The highest BCUT2D eigenvalue weighted by Crippen LogP contribution is 2.29. The van der Waals surface area contributed by atoms with Crippen LogP contribution in [-0.2, 0) is 4.74 Å². The summed E-state index contributed by atoms with van der Waals surface area (Å²) in [4.78, 5) is 12.3. The molecule has 1 fully saturated rings. The maximum atomic E-state index is 12.3. The molecule has 2 aromatic rings. The van der Waals surface area contributed by atoms with Crippen LogP contribution in [0, 0.1) is 0 Å². The number of nitrogens with zero attached hydrogens (tertiary/aromatic N) is 1. The van der Waals surface area contributed by atoms with Gasteiger partial charge in [-0.2, -0.15) is 0 Å². The first kappa shape index (κ1) is 14.1. The summed E-state index contributed by atoms with van der Waals surface area (Å²) < 4.78 is 7.37. The van der Waals surface area contributed by atoms with Crippen molar-refractivity contribution in [3.8, 4) is 0 Å². The van der Waals surface area contributed by atoms with Crippen molar-refractivity contribution in [2.24, 2.45) is 0 Å². The smallest absolute Gasteiger partial charge is 0.354 e. The molecule has 1 aliphatic heterocycles. The molecule has 2 unspecified atom stereocenters. The van der Waals surface area contributed by atoms with Crippen molar-refractivity contribution in [2.75, 3.05) is 13.2 Å². The molecular formula is C17H22N2O2. The van der Waals surface area contributed by atoms with Gasteiger partial charge in [0, 0.05) is 23.0 Å². The third kappa shape index (κ3) is 2.56. The van der Waals surface area contributed by atoms with Crippen LogP contribution in [-0.4, -0.2) is 29.7 Å². The molecule has 1 aliphatic rings. The van der Waals surface area contributed by atoms with Crippen LogP contribution in [0.15, 0.2) is 30.3 Å². The molecule has 2 heterocycles. The molecule has 0 amide bonds. The van der Waals surface area contributed by atoms with E-state index in [-0.39, 0.29) is 12.0 Å². The van der Waals surface area contributed by atoms with E-state index >= 15 is 0 Å². The van der Waals surface area contributed by atoms with E-state index in [1.807, 2.05) is 31.2 Å². The van der Waals surface area contributed by atoms with Crippen molar-refractivity contribution in [1.82, 2.24) is 9.88 Å². The molecule has 1 aromatic carbocycles. The van der Waals surface area contributed by atoms with Gasteiger partial charge in [0.05, 0.1) is 6.61 Å².